The first kappa shape index (κ1) is 19.9. The molecule has 1 fully saturated rings. The van der Waals surface area contributed by atoms with Crippen LogP contribution in [0, 0.1) is 0 Å². The van der Waals surface area contributed by atoms with Crippen LogP contribution < -0.4 is 5.32 Å². The van der Waals surface area contributed by atoms with Gasteiger partial charge in [-0.1, -0.05) is 24.3 Å². The van der Waals surface area contributed by atoms with E-state index in [2.05, 4.69) is 52.5 Å². The third-order valence-corrected chi connectivity index (χ3v) is 6.89. The number of nitrogens with one attached hydrogen (secondary N) is 1. The molecule has 0 aliphatic carbocycles. The van der Waals surface area contributed by atoms with Gasteiger partial charge in [-0.2, -0.15) is 0 Å². The lowest BCUT2D eigenvalue weighted by molar-refractivity contribution is 0.0676. The number of para-hydroxylation sites is 2. The van der Waals surface area contributed by atoms with Crippen LogP contribution in [0.3, 0.4) is 0 Å². The number of likely N-dealkylation sites (tertiary alicyclic amines) is 1. The number of hydrogen-bond acceptors (Lipinski definition) is 4. The number of benzene rings is 2. The molecule has 2 aliphatic heterocycles. The first-order chi connectivity index (χ1) is 16.2. The Morgan fingerprint density at radius 1 is 1.00 bits per heavy atom. The molecule has 1 spiro atoms. The predicted octanol–water partition coefficient (Wildman–Crippen LogP) is 4.79. The van der Waals surface area contributed by atoms with Gasteiger partial charge in [0.25, 0.3) is 5.91 Å². The van der Waals surface area contributed by atoms with Crippen LogP contribution in [-0.4, -0.2) is 33.6 Å². The number of carbonyl (C=O) groups is 1. The maximum Gasteiger partial charge on any atom is 0.253 e. The number of rotatable bonds is 3. The quantitative estimate of drug-likeness (QED) is 0.482. The van der Waals surface area contributed by atoms with Gasteiger partial charge >= 0.3 is 0 Å². The SMILES string of the molecule is O=C(c1cccc(-c2ccc(CO)o2)c1)N1CCC2(CC1)Nc1ccccc1-n1cccc12. The average molecular weight is 440 g/mol. The molecule has 0 radical (unpaired) electrons. The number of hydrogen-bond donors (Lipinski definition) is 2. The van der Waals surface area contributed by atoms with E-state index in [1.807, 2.05) is 35.2 Å². The molecule has 6 nitrogen and oxygen atoms in total. The molecule has 2 aliphatic rings. The highest BCUT2D eigenvalue weighted by Gasteiger charge is 2.42. The lowest BCUT2D eigenvalue weighted by atomic mass is 9.82. The summed E-state index contributed by atoms with van der Waals surface area (Å²) in [6.07, 6.45) is 3.81. The number of fused-ring (bicyclic) bond motifs is 4. The highest BCUT2D eigenvalue weighted by molar-refractivity contribution is 5.95. The molecule has 2 aromatic carbocycles. The molecule has 0 atom stereocenters. The summed E-state index contributed by atoms with van der Waals surface area (Å²) in [4.78, 5) is 15.3. The molecule has 1 amide bonds. The van der Waals surface area contributed by atoms with E-state index in [9.17, 15) is 9.90 Å². The Labute approximate surface area is 192 Å². The average Bonchev–Trinajstić information content (AvgIpc) is 3.55. The predicted molar refractivity (Wildman–Crippen MR) is 126 cm³/mol. The van der Waals surface area contributed by atoms with Crippen LogP contribution in [0.25, 0.3) is 17.0 Å². The Morgan fingerprint density at radius 2 is 1.85 bits per heavy atom. The van der Waals surface area contributed by atoms with Gasteiger partial charge in [0.15, 0.2) is 0 Å². The van der Waals surface area contributed by atoms with Crippen molar-refractivity contribution in [2.75, 3.05) is 18.4 Å². The van der Waals surface area contributed by atoms with Crippen LogP contribution in [0.1, 0.15) is 34.7 Å². The number of piperidine rings is 1. The largest absolute Gasteiger partial charge is 0.459 e. The smallest absolute Gasteiger partial charge is 0.253 e. The molecule has 33 heavy (non-hydrogen) atoms. The van der Waals surface area contributed by atoms with E-state index in [1.54, 1.807) is 6.07 Å². The third-order valence-electron chi connectivity index (χ3n) is 6.89. The summed E-state index contributed by atoms with van der Waals surface area (Å²) < 4.78 is 7.92. The van der Waals surface area contributed by atoms with Crippen LogP contribution in [0.5, 0.6) is 0 Å². The molecule has 6 heteroatoms. The molecule has 0 saturated carbocycles. The molecular weight excluding hydrogens is 414 g/mol. The summed E-state index contributed by atoms with van der Waals surface area (Å²) in [6.45, 7) is 1.22. The lowest BCUT2D eigenvalue weighted by Crippen LogP contribution is -2.51. The number of aliphatic hydroxyl groups is 1. The van der Waals surface area contributed by atoms with Crippen LogP contribution in [0.4, 0.5) is 5.69 Å². The van der Waals surface area contributed by atoms with E-state index >= 15 is 0 Å². The second-order valence-electron chi connectivity index (χ2n) is 8.78. The fourth-order valence-corrected chi connectivity index (χ4v) is 5.17. The molecule has 0 bridgehead atoms. The van der Waals surface area contributed by atoms with Gasteiger partial charge in [-0.3, -0.25) is 4.79 Å². The number of carbonyl (C=O) groups excluding carboxylic acids is 1. The van der Waals surface area contributed by atoms with Crippen molar-refractivity contribution in [3.63, 3.8) is 0 Å². The Bertz CT molecular complexity index is 1330. The van der Waals surface area contributed by atoms with Gasteiger partial charge in [0.2, 0.25) is 0 Å². The molecule has 2 N–H and O–H groups in total. The van der Waals surface area contributed by atoms with Crippen LogP contribution in [0.2, 0.25) is 0 Å². The molecular formula is C27H25N3O3. The van der Waals surface area contributed by atoms with Gasteiger partial charge in [-0.05, 0) is 61.4 Å². The van der Waals surface area contributed by atoms with Crippen LogP contribution in [-0.2, 0) is 12.1 Å². The fraction of sp³-hybridized carbons (Fsp3) is 0.222. The topological polar surface area (TPSA) is 70.6 Å². The molecule has 4 aromatic rings. The van der Waals surface area contributed by atoms with E-state index < -0.39 is 0 Å². The van der Waals surface area contributed by atoms with E-state index in [0.29, 0.717) is 30.2 Å². The van der Waals surface area contributed by atoms with Crippen molar-refractivity contribution in [1.29, 1.82) is 0 Å². The second-order valence-corrected chi connectivity index (χ2v) is 8.78. The van der Waals surface area contributed by atoms with Gasteiger partial charge in [0.05, 0.1) is 16.9 Å². The number of aliphatic hydroxyl groups excluding tert-OH is 1. The molecule has 0 unspecified atom stereocenters. The highest BCUT2D eigenvalue weighted by atomic mass is 16.4. The Morgan fingerprint density at radius 3 is 2.67 bits per heavy atom. The Balaban J connectivity index is 1.22. The summed E-state index contributed by atoms with van der Waals surface area (Å²) in [5, 5.41) is 13.1. The summed E-state index contributed by atoms with van der Waals surface area (Å²) >= 11 is 0. The van der Waals surface area contributed by atoms with E-state index in [4.69, 9.17) is 4.42 Å². The first-order valence-electron chi connectivity index (χ1n) is 11.3. The van der Waals surface area contributed by atoms with Crippen molar-refractivity contribution in [3.05, 3.63) is 96.0 Å². The zero-order chi connectivity index (χ0) is 22.4. The fourth-order valence-electron chi connectivity index (χ4n) is 5.17. The Kier molecular flexibility index (Phi) is 4.62. The van der Waals surface area contributed by atoms with Gasteiger partial charge in [-0.15, -0.1) is 0 Å². The van der Waals surface area contributed by atoms with Gasteiger partial charge < -0.3 is 24.3 Å². The van der Waals surface area contributed by atoms with E-state index in [-0.39, 0.29) is 18.1 Å². The standard InChI is InChI=1S/C27H25N3O3/c31-18-21-10-11-24(33-21)19-5-3-6-20(17-19)26(32)29-15-12-27(13-16-29)25-9-4-14-30(25)23-8-2-1-7-22(23)28-27/h1-11,14,17,28,31H,12-13,15-16,18H2. The van der Waals surface area contributed by atoms with Crippen molar-refractivity contribution in [1.82, 2.24) is 9.47 Å². The Hall–Kier alpha value is -3.77. The number of aromatic nitrogens is 1. The summed E-state index contributed by atoms with van der Waals surface area (Å²) in [5.41, 5.74) is 4.86. The van der Waals surface area contributed by atoms with Gasteiger partial charge in [-0.25, -0.2) is 0 Å². The number of nitrogens with zero attached hydrogens (tertiary/aromatic N) is 2. The number of amides is 1. The van der Waals surface area contributed by atoms with E-state index in [0.717, 1.165) is 24.1 Å². The summed E-state index contributed by atoms with van der Waals surface area (Å²) in [5.74, 6) is 1.19. The normalized spacial score (nSPS) is 16.2. The first-order valence-corrected chi connectivity index (χ1v) is 11.3. The minimum atomic E-state index is -0.175. The van der Waals surface area contributed by atoms with Gasteiger partial charge in [0.1, 0.15) is 18.1 Å². The second kappa shape index (κ2) is 7.67. The van der Waals surface area contributed by atoms with Crippen molar-refractivity contribution < 1.29 is 14.3 Å². The molecule has 6 rings (SSSR count). The van der Waals surface area contributed by atoms with Crippen molar-refractivity contribution in [3.8, 4) is 17.0 Å². The summed E-state index contributed by atoms with van der Waals surface area (Å²) in [7, 11) is 0. The van der Waals surface area contributed by atoms with E-state index in [1.165, 1.54) is 11.4 Å². The number of furan rings is 1. The molecule has 166 valence electrons. The highest BCUT2D eigenvalue weighted by Crippen LogP contribution is 2.43. The van der Waals surface area contributed by atoms with Crippen LogP contribution in [0.15, 0.2) is 83.4 Å². The minimum absolute atomic E-state index is 0.0345. The monoisotopic (exact) mass is 439 g/mol. The van der Waals surface area contributed by atoms with Gasteiger partial charge in [0, 0.05) is 36.1 Å². The molecule has 2 aromatic heterocycles. The zero-order valence-electron chi connectivity index (χ0n) is 18.2. The van der Waals surface area contributed by atoms with Crippen molar-refractivity contribution in [2.24, 2.45) is 0 Å². The molecule has 1 saturated heterocycles. The zero-order valence-corrected chi connectivity index (χ0v) is 18.2. The van der Waals surface area contributed by atoms with Crippen LogP contribution >= 0.6 is 0 Å². The third kappa shape index (κ3) is 3.26. The minimum Gasteiger partial charge on any atom is -0.459 e. The van der Waals surface area contributed by atoms with Crippen molar-refractivity contribution >= 4 is 11.6 Å². The lowest BCUT2D eigenvalue weighted by Gasteiger charge is -2.46. The number of anilines is 1. The van der Waals surface area contributed by atoms with Crippen molar-refractivity contribution in [2.45, 2.75) is 25.0 Å². The maximum atomic E-state index is 13.3. The maximum absolute atomic E-state index is 13.3. The molecule has 4 heterocycles. The summed E-state index contributed by atoms with van der Waals surface area (Å²) in [6, 6.07) is 23.7.